The number of pyridine rings is 1. The van der Waals surface area contributed by atoms with Crippen molar-refractivity contribution in [1.29, 1.82) is 0 Å². The number of aromatic nitrogens is 2. The van der Waals surface area contributed by atoms with Gasteiger partial charge in [-0.1, -0.05) is 23.8 Å². The lowest BCUT2D eigenvalue weighted by Crippen LogP contribution is -1.86. The van der Waals surface area contributed by atoms with Crippen LogP contribution >= 0.6 is 0 Å². The van der Waals surface area contributed by atoms with Crippen molar-refractivity contribution in [2.75, 3.05) is 0 Å². The Kier molecular flexibility index (Phi) is 3.53. The summed E-state index contributed by atoms with van der Waals surface area (Å²) in [6, 6.07) is 8.32. The van der Waals surface area contributed by atoms with Crippen LogP contribution in [0.5, 0.6) is 0 Å². The molecule has 0 saturated heterocycles. The molecule has 0 N–H and O–H groups in total. The van der Waals surface area contributed by atoms with Crippen LogP contribution in [0.2, 0.25) is 0 Å². The number of hydrogen-bond donors (Lipinski definition) is 0. The van der Waals surface area contributed by atoms with Gasteiger partial charge in [-0.3, -0.25) is 4.40 Å². The van der Waals surface area contributed by atoms with Crippen molar-refractivity contribution >= 4 is 17.2 Å². The molecule has 2 aromatic heterocycles. The monoisotopic (exact) mass is 292 g/mol. The normalized spacial score (nSPS) is 11.7. The molecule has 0 atom stereocenters. The first-order valence-corrected chi connectivity index (χ1v) is 7.41. The van der Waals surface area contributed by atoms with E-state index in [4.69, 9.17) is 0 Å². The third-order valence-electron chi connectivity index (χ3n) is 3.87. The topological polar surface area (TPSA) is 42.0 Å². The summed E-state index contributed by atoms with van der Waals surface area (Å²) in [7, 11) is 0. The number of fused-ring (bicyclic) bond motifs is 1. The molecule has 0 amide bonds. The molecule has 0 fully saturated rings. The second-order valence-electron chi connectivity index (χ2n) is 5.85. The zero-order valence-electron chi connectivity index (χ0n) is 13.7. The van der Waals surface area contributed by atoms with E-state index in [1.807, 2.05) is 23.6 Å². The first kappa shape index (κ1) is 14.4. The van der Waals surface area contributed by atoms with Crippen molar-refractivity contribution in [3.63, 3.8) is 0 Å². The highest BCUT2D eigenvalue weighted by atomic mass is 15.2. The molecule has 0 bridgehead atoms. The van der Waals surface area contributed by atoms with Gasteiger partial charge >= 0.3 is 0 Å². The second-order valence-corrected chi connectivity index (χ2v) is 5.85. The Bertz CT molecular complexity index is 864. The maximum Gasteiger partial charge on any atom is 0.182 e. The summed E-state index contributed by atoms with van der Waals surface area (Å²) in [5.74, 6) is 0.790. The Morgan fingerprint density at radius 2 is 1.59 bits per heavy atom. The van der Waals surface area contributed by atoms with Crippen LogP contribution in [-0.2, 0) is 0 Å². The largest absolute Gasteiger partial charge is 0.283 e. The van der Waals surface area contributed by atoms with Crippen molar-refractivity contribution in [3.8, 4) is 0 Å². The van der Waals surface area contributed by atoms with E-state index in [0.717, 1.165) is 39.5 Å². The molecule has 0 aliphatic rings. The van der Waals surface area contributed by atoms with Crippen molar-refractivity contribution in [3.05, 3.63) is 58.4 Å². The quantitative estimate of drug-likeness (QED) is 0.591. The fourth-order valence-electron chi connectivity index (χ4n) is 2.85. The smallest absolute Gasteiger partial charge is 0.182 e. The molecular formula is C18H20N4. The van der Waals surface area contributed by atoms with E-state index in [0.29, 0.717) is 0 Å². The van der Waals surface area contributed by atoms with Crippen molar-refractivity contribution in [2.24, 2.45) is 10.2 Å². The van der Waals surface area contributed by atoms with Gasteiger partial charge in [-0.05, 0) is 57.4 Å². The number of imidazole rings is 1. The molecular weight excluding hydrogens is 272 g/mol. The predicted molar refractivity (Wildman–Crippen MR) is 89.5 cm³/mol. The van der Waals surface area contributed by atoms with Crippen LogP contribution in [0.15, 0.2) is 40.7 Å². The van der Waals surface area contributed by atoms with Crippen LogP contribution in [0, 0.1) is 34.6 Å². The standard InChI is InChI=1S/C18H20N4/c1-11-9-13(3)16(14(4)10-11)20-21-18-15(5)19-17-12(2)7-6-8-22(17)18/h6-10H,1-5H3. The first-order chi connectivity index (χ1) is 10.5. The van der Waals surface area contributed by atoms with E-state index >= 15 is 0 Å². The number of rotatable bonds is 2. The third kappa shape index (κ3) is 2.41. The second kappa shape index (κ2) is 5.37. The van der Waals surface area contributed by atoms with Gasteiger partial charge in [0.05, 0.1) is 11.4 Å². The Morgan fingerprint density at radius 1 is 0.909 bits per heavy atom. The average Bonchev–Trinajstić information content (AvgIpc) is 2.76. The van der Waals surface area contributed by atoms with E-state index < -0.39 is 0 Å². The summed E-state index contributed by atoms with van der Waals surface area (Å²) in [6.07, 6.45) is 1.98. The number of azo groups is 1. The van der Waals surface area contributed by atoms with Gasteiger partial charge in [-0.2, -0.15) is 0 Å². The lowest BCUT2D eigenvalue weighted by atomic mass is 10.1. The summed E-state index contributed by atoms with van der Waals surface area (Å²) in [4.78, 5) is 4.59. The fraction of sp³-hybridized carbons (Fsp3) is 0.278. The molecule has 0 aliphatic carbocycles. The maximum absolute atomic E-state index is 4.59. The molecule has 3 aromatic rings. The van der Waals surface area contributed by atoms with E-state index in [2.05, 4.69) is 61.1 Å². The molecule has 0 saturated carbocycles. The van der Waals surface area contributed by atoms with Crippen molar-refractivity contribution in [2.45, 2.75) is 34.6 Å². The highest BCUT2D eigenvalue weighted by Crippen LogP contribution is 2.29. The van der Waals surface area contributed by atoms with Crippen LogP contribution < -0.4 is 0 Å². The van der Waals surface area contributed by atoms with Gasteiger partial charge < -0.3 is 0 Å². The van der Waals surface area contributed by atoms with Crippen LogP contribution in [0.1, 0.15) is 27.9 Å². The minimum absolute atomic E-state index is 0.790. The van der Waals surface area contributed by atoms with Crippen LogP contribution in [0.4, 0.5) is 11.5 Å². The highest BCUT2D eigenvalue weighted by Gasteiger charge is 2.10. The van der Waals surface area contributed by atoms with Gasteiger partial charge in [-0.15, -0.1) is 10.2 Å². The summed E-state index contributed by atoms with van der Waals surface area (Å²) in [6.45, 7) is 10.3. The molecule has 3 rings (SSSR count). The number of hydrogen-bond acceptors (Lipinski definition) is 3. The summed E-state index contributed by atoms with van der Waals surface area (Å²) < 4.78 is 1.99. The molecule has 1 aromatic carbocycles. The van der Waals surface area contributed by atoms with E-state index in [9.17, 15) is 0 Å². The maximum atomic E-state index is 4.59. The van der Waals surface area contributed by atoms with Gasteiger partial charge in [0.25, 0.3) is 0 Å². The van der Waals surface area contributed by atoms with Crippen LogP contribution in [0.3, 0.4) is 0 Å². The van der Waals surface area contributed by atoms with Gasteiger partial charge in [0.1, 0.15) is 5.65 Å². The summed E-state index contributed by atoms with van der Waals surface area (Å²) in [5, 5.41) is 8.98. The van der Waals surface area contributed by atoms with Gasteiger partial charge in [0.2, 0.25) is 0 Å². The van der Waals surface area contributed by atoms with Crippen molar-refractivity contribution in [1.82, 2.24) is 9.38 Å². The molecule has 4 nitrogen and oxygen atoms in total. The Balaban J connectivity index is 2.11. The minimum atomic E-state index is 0.790. The molecule has 0 aliphatic heterocycles. The van der Waals surface area contributed by atoms with Gasteiger partial charge in [0, 0.05) is 6.20 Å². The number of nitrogens with zero attached hydrogens (tertiary/aromatic N) is 4. The lowest BCUT2D eigenvalue weighted by molar-refractivity contribution is 1.08. The predicted octanol–water partition coefficient (Wildman–Crippen LogP) is 5.29. The zero-order chi connectivity index (χ0) is 15.9. The Morgan fingerprint density at radius 3 is 2.27 bits per heavy atom. The Hall–Kier alpha value is -2.49. The minimum Gasteiger partial charge on any atom is -0.283 e. The zero-order valence-corrected chi connectivity index (χ0v) is 13.7. The lowest BCUT2D eigenvalue weighted by Gasteiger charge is -2.05. The molecule has 112 valence electrons. The molecule has 22 heavy (non-hydrogen) atoms. The molecule has 2 heterocycles. The molecule has 4 heteroatoms. The highest BCUT2D eigenvalue weighted by molar-refractivity contribution is 5.57. The third-order valence-corrected chi connectivity index (χ3v) is 3.87. The summed E-state index contributed by atoms with van der Waals surface area (Å²) >= 11 is 0. The van der Waals surface area contributed by atoms with E-state index in [1.54, 1.807) is 0 Å². The van der Waals surface area contributed by atoms with Crippen LogP contribution in [0.25, 0.3) is 5.65 Å². The Labute approximate surface area is 130 Å². The SMILES string of the molecule is Cc1cc(C)c(N=Nc2c(C)nc3c(C)cccn23)c(C)c1. The molecule has 0 unspecified atom stereocenters. The van der Waals surface area contributed by atoms with Gasteiger partial charge in [-0.25, -0.2) is 4.98 Å². The average molecular weight is 292 g/mol. The number of benzene rings is 1. The van der Waals surface area contributed by atoms with E-state index in [-0.39, 0.29) is 0 Å². The molecule has 0 spiro atoms. The molecule has 0 radical (unpaired) electrons. The van der Waals surface area contributed by atoms with E-state index in [1.165, 1.54) is 5.56 Å². The summed E-state index contributed by atoms with van der Waals surface area (Å²) in [5.41, 5.74) is 7.43. The first-order valence-electron chi connectivity index (χ1n) is 7.41. The number of aryl methyl sites for hydroxylation is 5. The fourth-order valence-corrected chi connectivity index (χ4v) is 2.85. The van der Waals surface area contributed by atoms with Crippen molar-refractivity contribution < 1.29 is 0 Å². The van der Waals surface area contributed by atoms with Crippen LogP contribution in [-0.4, -0.2) is 9.38 Å². The van der Waals surface area contributed by atoms with Gasteiger partial charge in [0.15, 0.2) is 5.82 Å².